The van der Waals surface area contributed by atoms with Crippen molar-refractivity contribution in [3.8, 4) is 11.4 Å². The molecule has 0 bridgehead atoms. The molecule has 0 saturated carbocycles. The van der Waals surface area contributed by atoms with Gasteiger partial charge in [-0.2, -0.15) is 28.2 Å². The summed E-state index contributed by atoms with van der Waals surface area (Å²) in [7, 11) is 10.9. The van der Waals surface area contributed by atoms with Gasteiger partial charge in [0.1, 0.15) is 0 Å². The fourth-order valence-electron chi connectivity index (χ4n) is 5.04. The molecule has 0 atom stereocenters. The van der Waals surface area contributed by atoms with Crippen LogP contribution >= 0.6 is 0 Å². The zero-order valence-corrected chi connectivity index (χ0v) is 35.7. The van der Waals surface area contributed by atoms with Crippen molar-refractivity contribution in [2.45, 2.75) is 119 Å². The Balaban J connectivity index is 0. The van der Waals surface area contributed by atoms with E-state index in [-0.39, 0.29) is 27.3 Å². The minimum atomic E-state index is 0. The first-order chi connectivity index (χ1) is 22.4. The summed E-state index contributed by atoms with van der Waals surface area (Å²) in [6, 6.07) is 13.6. The van der Waals surface area contributed by atoms with Gasteiger partial charge in [-0.1, -0.05) is 119 Å². The molecule has 0 saturated heterocycles. The number of hydrogen-bond donors (Lipinski definition) is 0. The van der Waals surface area contributed by atoms with Crippen LogP contribution in [0.3, 0.4) is 0 Å². The first kappa shape index (κ1) is 48.5. The van der Waals surface area contributed by atoms with Gasteiger partial charge < -0.3 is 40.4 Å². The topological polar surface area (TPSA) is 90.1 Å². The first-order valence-electron chi connectivity index (χ1n) is 17.4. The van der Waals surface area contributed by atoms with Gasteiger partial charge in [0.2, 0.25) is 0 Å². The third-order valence-corrected chi connectivity index (χ3v) is 7.11. The number of aliphatic imine (C=N–C) groups is 1. The van der Waals surface area contributed by atoms with Crippen LogP contribution in [0.15, 0.2) is 53.8 Å². The summed E-state index contributed by atoms with van der Waals surface area (Å²) in [6.07, 6.45) is 4.01. The molecule has 0 N–H and O–H groups in total. The van der Waals surface area contributed by atoms with Gasteiger partial charge in [-0.25, -0.2) is 0 Å². The molecule has 0 unspecified atom stereocenters. The van der Waals surface area contributed by atoms with Gasteiger partial charge in [0.05, 0.1) is 0 Å². The number of rotatable bonds is 8. The molecule has 1 aromatic heterocycles. The Morgan fingerprint density at radius 3 is 1.10 bits per heavy atom. The molecule has 0 fully saturated rings. The zero-order valence-electron chi connectivity index (χ0n) is 34.2. The average molecular weight is 709 g/mol. The third-order valence-electron chi connectivity index (χ3n) is 7.11. The van der Waals surface area contributed by atoms with E-state index in [1.165, 1.54) is 22.3 Å². The van der Waals surface area contributed by atoms with Gasteiger partial charge in [0.15, 0.2) is 0 Å². The summed E-state index contributed by atoms with van der Waals surface area (Å²) in [6.45, 7) is 25.9. The molecule has 1 heterocycles. The van der Waals surface area contributed by atoms with Crippen LogP contribution in [0, 0.1) is 0 Å². The quantitative estimate of drug-likeness (QED) is 0.130. The molecule has 9 heteroatoms. The van der Waals surface area contributed by atoms with Crippen molar-refractivity contribution >= 4 is 5.96 Å². The van der Waals surface area contributed by atoms with Crippen LogP contribution in [0.4, 0.5) is 0 Å². The number of para-hydroxylation sites is 2. The van der Waals surface area contributed by atoms with Crippen LogP contribution < -0.4 is 5.62 Å². The Kier molecular flexibility index (Phi) is 24.2. The fourth-order valence-corrected chi connectivity index (χ4v) is 5.04. The molecule has 8 nitrogen and oxygen atoms in total. The van der Waals surface area contributed by atoms with E-state index >= 15 is 0 Å². The maximum atomic E-state index is 11.5. The molecule has 0 aliphatic rings. The van der Waals surface area contributed by atoms with Crippen LogP contribution in [-0.2, 0) is 21.7 Å². The molecule has 0 radical (unpaired) electrons. The Bertz CT molecular complexity index is 1270. The third kappa shape index (κ3) is 15.4. The van der Waals surface area contributed by atoms with E-state index in [1.807, 2.05) is 40.5 Å². The predicted molar refractivity (Wildman–Crippen MR) is 213 cm³/mol. The summed E-state index contributed by atoms with van der Waals surface area (Å²) < 4.78 is 3.93. The van der Waals surface area contributed by atoms with Gasteiger partial charge in [-0.3, -0.25) is 0 Å². The second kappa shape index (κ2) is 24.5. The number of benzene rings is 2. The van der Waals surface area contributed by atoms with E-state index in [9.17, 15) is 5.41 Å². The van der Waals surface area contributed by atoms with Gasteiger partial charge in [-0.05, 0) is 95.9 Å². The maximum Gasteiger partial charge on any atom is 4.00 e. The van der Waals surface area contributed by atoms with Crippen LogP contribution in [-0.4, -0.2) is 74.4 Å². The Labute approximate surface area is 316 Å². The largest absolute Gasteiger partial charge is 4.00 e. The van der Waals surface area contributed by atoms with Gasteiger partial charge in [0, 0.05) is 11.6 Å². The standard InChI is InChI=1S/C27H36N3.C9H20N3.2C2H6N.Ti/c1-17(2)21-11-9-12-22(18(3)4)25(21)29-15-16-30(27(29)28)26-23(19(5)6)13-10-14-24(26)20(7)8;1-7(2)10-9(12(5)6)11-8(3)4;2*1-3-2;/h9-20H,1-8H3;7-8H,1-6H3;2*1-2H3;/q4*-1;+4. The number of guanidine groups is 1. The SMILES string of the molecule is CC(C)N=C([N-]C(C)C)N(C)C.CC(C)c1cccc(C(C)C)c1-n1ccn(-c2c(C(C)C)cccc2C(C)C)c1=[N-].C[N-]C.C[N-]C.[Ti+4]. The van der Waals surface area contributed by atoms with Crippen molar-refractivity contribution < 1.29 is 21.7 Å². The smallest absolute Gasteiger partial charge is 0.668 e. The number of hydrogen-bond acceptors (Lipinski definition) is 1. The van der Waals surface area contributed by atoms with Crippen molar-refractivity contribution in [2.75, 3.05) is 42.3 Å². The Hall–Kier alpha value is -2.65. The van der Waals surface area contributed by atoms with Crippen molar-refractivity contribution in [1.82, 2.24) is 14.0 Å². The van der Waals surface area contributed by atoms with Crippen LogP contribution in [0.2, 0.25) is 0 Å². The molecule has 0 spiro atoms. The summed E-state index contributed by atoms with van der Waals surface area (Å²) in [4.78, 5) is 6.34. The minimum Gasteiger partial charge on any atom is -0.668 e. The molecular weight excluding hydrogens is 640 g/mol. The predicted octanol–water partition coefficient (Wildman–Crippen LogP) is 10.6. The molecule has 0 amide bonds. The molecule has 49 heavy (non-hydrogen) atoms. The fraction of sp³-hybridized carbons (Fsp3) is 0.600. The molecule has 3 rings (SSSR count). The van der Waals surface area contributed by atoms with Crippen molar-refractivity contribution in [3.63, 3.8) is 0 Å². The monoisotopic (exact) mass is 709 g/mol. The van der Waals surface area contributed by atoms with Gasteiger partial charge >= 0.3 is 21.7 Å². The number of nitrogens with zero attached hydrogens (tertiary/aromatic N) is 8. The van der Waals surface area contributed by atoms with Crippen LogP contribution in [0.1, 0.15) is 129 Å². The van der Waals surface area contributed by atoms with E-state index in [2.05, 4.69) is 140 Å². The maximum absolute atomic E-state index is 11.5. The molecular formula is C40H68N8Ti. The van der Waals surface area contributed by atoms with Gasteiger partial charge in [0.25, 0.3) is 0 Å². The summed E-state index contributed by atoms with van der Waals surface area (Å²) in [5.74, 6) is 2.29. The molecule has 2 aromatic carbocycles. The second-order valence-electron chi connectivity index (χ2n) is 14.1. The van der Waals surface area contributed by atoms with Crippen LogP contribution in [0.25, 0.3) is 32.7 Å². The summed E-state index contributed by atoms with van der Waals surface area (Å²) >= 11 is 0. The van der Waals surface area contributed by atoms with Crippen molar-refractivity contribution in [3.05, 3.63) is 98.0 Å². The zero-order chi connectivity index (χ0) is 37.3. The summed E-state index contributed by atoms with van der Waals surface area (Å²) in [5, 5.41) is 22.9. The van der Waals surface area contributed by atoms with Crippen molar-refractivity contribution in [2.24, 2.45) is 4.99 Å². The molecule has 0 aliphatic carbocycles. The van der Waals surface area contributed by atoms with E-state index in [0.29, 0.717) is 35.8 Å². The van der Waals surface area contributed by atoms with Crippen molar-refractivity contribution in [1.29, 1.82) is 0 Å². The average Bonchev–Trinajstić information content (AvgIpc) is 3.36. The normalized spacial score (nSPS) is 11.1. The van der Waals surface area contributed by atoms with Crippen LogP contribution in [0.5, 0.6) is 0 Å². The Morgan fingerprint density at radius 2 is 0.898 bits per heavy atom. The number of aromatic nitrogens is 2. The van der Waals surface area contributed by atoms with E-state index in [0.717, 1.165) is 17.3 Å². The molecule has 3 aromatic rings. The van der Waals surface area contributed by atoms with E-state index in [4.69, 9.17) is 0 Å². The first-order valence-corrected chi connectivity index (χ1v) is 17.4. The van der Waals surface area contributed by atoms with E-state index in [1.54, 1.807) is 28.2 Å². The summed E-state index contributed by atoms with van der Waals surface area (Å²) in [5.41, 5.74) is 7.46. The molecule has 272 valence electrons. The molecule has 0 aliphatic heterocycles. The second-order valence-corrected chi connectivity index (χ2v) is 14.1. The number of imidazole rings is 1. The van der Waals surface area contributed by atoms with Gasteiger partial charge in [-0.15, -0.1) is 0 Å². The minimum absolute atomic E-state index is 0. The Morgan fingerprint density at radius 1 is 0.612 bits per heavy atom. The van der Waals surface area contributed by atoms with E-state index < -0.39 is 0 Å².